The van der Waals surface area contributed by atoms with E-state index in [1.54, 1.807) is 27.9 Å². The van der Waals surface area contributed by atoms with Crippen LogP contribution in [0.1, 0.15) is 54.9 Å². The maximum Gasteiger partial charge on any atom is -1.00 e. The van der Waals surface area contributed by atoms with Gasteiger partial charge in [-0.2, -0.15) is 0 Å². The average molecular weight is 547 g/mol. The van der Waals surface area contributed by atoms with Crippen LogP contribution in [0.5, 0.6) is 0 Å². The first-order chi connectivity index (χ1) is 13.8. The Morgan fingerprint density at radius 3 is 1.87 bits per heavy atom. The van der Waals surface area contributed by atoms with Crippen molar-refractivity contribution in [3.8, 4) is 0 Å². The number of hydrogen-bond donors (Lipinski definition) is 0. The molecule has 0 N–H and O–H groups in total. The third-order valence-electron chi connectivity index (χ3n) is 7.19. The van der Waals surface area contributed by atoms with Gasteiger partial charge in [0.2, 0.25) is 0 Å². The van der Waals surface area contributed by atoms with Crippen molar-refractivity contribution in [1.82, 2.24) is 0 Å². The van der Waals surface area contributed by atoms with Crippen LogP contribution in [-0.4, -0.2) is 5.43 Å². The SMILES string of the molecule is CC1=C(C)C(C)[C]([Zr+2]([CH]2C(C)=C(c3ccccc3)c3ccccc32)=[Si](C)C)=C1C.[Cl-].[Cl-]. The Bertz CT molecular complexity index is 1120. The Balaban J connectivity index is 0.00000171. The van der Waals surface area contributed by atoms with Crippen LogP contribution in [0.15, 0.2) is 80.2 Å². The van der Waals surface area contributed by atoms with Crippen LogP contribution < -0.4 is 24.8 Å². The first-order valence-corrected chi connectivity index (χ1v) is 19.6. The zero-order valence-electron chi connectivity index (χ0n) is 19.6. The van der Waals surface area contributed by atoms with Gasteiger partial charge in [-0.15, -0.1) is 0 Å². The molecule has 0 bridgehead atoms. The molecule has 31 heavy (non-hydrogen) atoms. The van der Waals surface area contributed by atoms with Crippen molar-refractivity contribution in [2.45, 2.75) is 51.3 Å². The fourth-order valence-electron chi connectivity index (χ4n) is 5.44. The third-order valence-corrected chi connectivity index (χ3v) is 26.2. The third kappa shape index (κ3) is 4.43. The molecule has 2 aromatic carbocycles. The predicted molar refractivity (Wildman–Crippen MR) is 125 cm³/mol. The Kier molecular flexibility index (Phi) is 9.02. The van der Waals surface area contributed by atoms with Gasteiger partial charge in [0.15, 0.2) is 0 Å². The van der Waals surface area contributed by atoms with E-state index in [1.165, 1.54) is 16.7 Å². The topological polar surface area (TPSA) is 0 Å². The molecule has 0 saturated carbocycles. The molecule has 2 aliphatic rings. The summed E-state index contributed by atoms with van der Waals surface area (Å²) in [5.74, 6) is 0.657. The maximum atomic E-state index is 2.60. The van der Waals surface area contributed by atoms with E-state index in [2.05, 4.69) is 102 Å². The van der Waals surface area contributed by atoms with Gasteiger partial charge in [-0.1, -0.05) is 0 Å². The second kappa shape index (κ2) is 10.5. The van der Waals surface area contributed by atoms with Gasteiger partial charge in [0.1, 0.15) is 0 Å². The minimum Gasteiger partial charge on any atom is -1.00 e. The van der Waals surface area contributed by atoms with E-state index in [0.717, 1.165) is 0 Å². The monoisotopic (exact) mass is 544 g/mol. The minimum absolute atomic E-state index is 0. The molecule has 0 fully saturated rings. The van der Waals surface area contributed by atoms with E-state index in [9.17, 15) is 0 Å². The zero-order chi connectivity index (χ0) is 20.9. The molecular weight excluding hydrogens is 515 g/mol. The van der Waals surface area contributed by atoms with Crippen molar-refractivity contribution < 1.29 is 45.2 Å². The van der Waals surface area contributed by atoms with Crippen molar-refractivity contribution in [2.75, 3.05) is 0 Å². The average Bonchev–Trinajstić information content (AvgIpc) is 3.10. The molecule has 0 aliphatic heterocycles. The number of allylic oxidation sites excluding steroid dienone is 5. The van der Waals surface area contributed by atoms with E-state index >= 15 is 0 Å². The summed E-state index contributed by atoms with van der Waals surface area (Å²) in [6.07, 6.45) is 0. The van der Waals surface area contributed by atoms with Gasteiger partial charge in [0.05, 0.1) is 0 Å². The summed E-state index contributed by atoms with van der Waals surface area (Å²) < 4.78 is 2.61. The predicted octanol–water partition coefficient (Wildman–Crippen LogP) is 1.70. The number of halogens is 2. The van der Waals surface area contributed by atoms with Gasteiger partial charge < -0.3 is 24.8 Å². The molecule has 0 amide bonds. The number of hydrogen-bond acceptors (Lipinski definition) is 0. The number of fused-ring (bicyclic) bond motifs is 1. The quantitative estimate of drug-likeness (QED) is 0.515. The van der Waals surface area contributed by atoms with Gasteiger partial charge in [0, 0.05) is 0 Å². The van der Waals surface area contributed by atoms with Gasteiger partial charge in [-0.05, 0) is 0 Å². The normalized spacial score (nSPS) is 19.5. The van der Waals surface area contributed by atoms with Gasteiger partial charge in [-0.25, -0.2) is 0 Å². The Morgan fingerprint density at radius 2 is 1.32 bits per heavy atom. The van der Waals surface area contributed by atoms with Crippen molar-refractivity contribution >= 4 is 11.0 Å². The van der Waals surface area contributed by atoms with Crippen LogP contribution in [0.2, 0.25) is 13.1 Å². The molecule has 0 saturated heterocycles. The van der Waals surface area contributed by atoms with E-state index in [0.29, 0.717) is 9.54 Å². The Hall–Kier alpha value is -0.660. The Morgan fingerprint density at radius 1 is 0.742 bits per heavy atom. The molecule has 0 heterocycles. The fourth-order valence-corrected chi connectivity index (χ4v) is 26.1. The van der Waals surface area contributed by atoms with Crippen LogP contribution in [-0.2, 0) is 20.4 Å². The summed E-state index contributed by atoms with van der Waals surface area (Å²) in [6, 6.07) is 20.4. The molecule has 4 rings (SSSR count). The first kappa shape index (κ1) is 26.6. The summed E-state index contributed by atoms with van der Waals surface area (Å²) >= 11 is -1.93. The molecule has 2 atom stereocenters. The van der Waals surface area contributed by atoms with E-state index < -0.39 is 20.4 Å². The van der Waals surface area contributed by atoms with E-state index in [4.69, 9.17) is 0 Å². The second-order valence-electron chi connectivity index (χ2n) is 8.93. The van der Waals surface area contributed by atoms with E-state index in [1.807, 2.05) is 3.28 Å². The number of rotatable bonds is 3. The summed E-state index contributed by atoms with van der Waals surface area (Å²) in [7, 11) is 0. The molecule has 0 spiro atoms. The van der Waals surface area contributed by atoms with Crippen LogP contribution >= 0.6 is 0 Å². The van der Waals surface area contributed by atoms with Crippen molar-refractivity contribution in [1.29, 1.82) is 0 Å². The Labute approximate surface area is 209 Å². The van der Waals surface area contributed by atoms with Gasteiger partial charge in [0.25, 0.3) is 0 Å². The minimum atomic E-state index is -1.93. The number of benzene rings is 2. The molecule has 162 valence electrons. The summed E-state index contributed by atoms with van der Waals surface area (Å²) in [6.45, 7) is 17.3. The molecule has 2 unspecified atom stereocenters. The summed E-state index contributed by atoms with van der Waals surface area (Å²) in [5, 5.41) is 0. The molecule has 2 aromatic rings. The summed E-state index contributed by atoms with van der Waals surface area (Å²) in [5.41, 5.74) is 12.2. The second-order valence-corrected chi connectivity index (χ2v) is 26.3. The molecular formula is C27H32Cl2SiZr. The van der Waals surface area contributed by atoms with Crippen LogP contribution in [0.4, 0.5) is 0 Å². The summed E-state index contributed by atoms with van der Waals surface area (Å²) in [4.78, 5) is 0. The largest absolute Gasteiger partial charge is 1.00 e. The molecule has 0 nitrogen and oxygen atoms in total. The van der Waals surface area contributed by atoms with Gasteiger partial charge in [-0.3, -0.25) is 0 Å². The van der Waals surface area contributed by atoms with Crippen molar-refractivity contribution in [2.24, 2.45) is 5.92 Å². The van der Waals surface area contributed by atoms with E-state index in [-0.39, 0.29) is 30.2 Å². The molecule has 0 aromatic heterocycles. The van der Waals surface area contributed by atoms with Crippen LogP contribution in [0.3, 0.4) is 0 Å². The first-order valence-electron chi connectivity index (χ1n) is 10.8. The standard InChI is InChI=1S/C16H13.C9H13.C2H6Si.2ClH.Zr/c1-12-11-14-9-5-6-10-15(14)16(12)13-7-3-2-4-8-13;1-6-5-7(2)9(4)8(6)3;1-3-2;;;/h2-11H,1H3;6H,1-4H3;1-2H3;2*1H;/q;;;;;+2/p-2. The zero-order valence-corrected chi connectivity index (χ0v) is 24.6. The van der Waals surface area contributed by atoms with Crippen LogP contribution in [0.25, 0.3) is 5.57 Å². The maximum absolute atomic E-state index is 2.60. The molecule has 0 radical (unpaired) electrons. The van der Waals surface area contributed by atoms with Crippen molar-refractivity contribution in [3.05, 3.63) is 96.9 Å². The van der Waals surface area contributed by atoms with Gasteiger partial charge >= 0.3 is 185 Å². The smallest absolute Gasteiger partial charge is 1.00 e. The molecule has 2 aliphatic carbocycles. The van der Waals surface area contributed by atoms with Crippen LogP contribution in [0, 0.1) is 5.92 Å². The molecule has 4 heteroatoms. The van der Waals surface area contributed by atoms with Crippen molar-refractivity contribution in [3.63, 3.8) is 0 Å². The fraction of sp³-hybridized carbons (Fsp3) is 0.333.